The van der Waals surface area contributed by atoms with Crippen LogP contribution in [0.5, 0.6) is 0 Å². The summed E-state index contributed by atoms with van der Waals surface area (Å²) in [5.74, 6) is 33.1. The lowest BCUT2D eigenvalue weighted by Gasteiger charge is -2.18. The first-order valence-electron chi connectivity index (χ1n) is 23.5. The van der Waals surface area contributed by atoms with Gasteiger partial charge in [0.05, 0.1) is 25.0 Å². The molecule has 0 amide bonds. The number of esters is 3. The maximum atomic E-state index is 12.7. The van der Waals surface area contributed by atoms with E-state index in [0.29, 0.717) is 6.42 Å². The van der Waals surface area contributed by atoms with E-state index in [1.165, 1.54) is 0 Å². The van der Waals surface area contributed by atoms with Crippen LogP contribution in [0.15, 0.2) is 61.3 Å². The van der Waals surface area contributed by atoms with Gasteiger partial charge in [0, 0.05) is 32.1 Å². The Bertz CT molecular complexity index is 1900. The van der Waals surface area contributed by atoms with E-state index in [0.717, 1.165) is 109 Å². The Labute approximate surface area is 385 Å². The molecule has 0 saturated carbocycles. The average Bonchev–Trinajstić information content (AvgIpc) is 4.22. The number of hydrogen-bond donors (Lipinski definition) is 0. The smallest absolute Gasteiger partial charge is 0.309 e. The first kappa shape index (κ1) is 54.5. The van der Waals surface area contributed by atoms with Crippen molar-refractivity contribution in [2.24, 2.45) is 0 Å². The van der Waals surface area contributed by atoms with Crippen molar-refractivity contribution in [1.82, 2.24) is 0 Å². The monoisotopic (exact) mass is 871 g/mol. The second kappa shape index (κ2) is 39.0. The van der Waals surface area contributed by atoms with Crippen molar-refractivity contribution in [3.05, 3.63) is 61.3 Å². The van der Waals surface area contributed by atoms with Crippen LogP contribution in [0, 0.1) is 71.0 Å². The number of carbonyl (C=O) groups is 3. The van der Waals surface area contributed by atoms with Crippen molar-refractivity contribution in [1.29, 1.82) is 0 Å². The molecule has 2 aliphatic rings. The van der Waals surface area contributed by atoms with Crippen LogP contribution in [-0.2, 0) is 38.1 Å². The van der Waals surface area contributed by atoms with E-state index in [4.69, 9.17) is 23.7 Å². The van der Waals surface area contributed by atoms with Crippen molar-refractivity contribution in [3.63, 3.8) is 0 Å². The fraction of sp³-hybridized carbons (Fsp3) is 0.554. The zero-order valence-electron chi connectivity index (χ0n) is 38.5. The molecule has 2 fully saturated rings. The Hall–Kier alpha value is -5.61. The molecule has 342 valence electrons. The van der Waals surface area contributed by atoms with Crippen LogP contribution in [-0.4, -0.2) is 55.2 Å². The van der Waals surface area contributed by atoms with Gasteiger partial charge in [-0.25, -0.2) is 0 Å². The second-order valence-electron chi connectivity index (χ2n) is 15.2. The molecule has 5 atom stereocenters. The van der Waals surface area contributed by atoms with Gasteiger partial charge in [0.25, 0.3) is 6.29 Å². The number of allylic oxidation sites excluding steroid dienone is 9. The zero-order valence-corrected chi connectivity index (χ0v) is 38.5. The lowest BCUT2D eigenvalue weighted by Crippen LogP contribution is -2.30. The summed E-state index contributed by atoms with van der Waals surface area (Å²) in [5.41, 5.74) is 0. The third-order valence-corrected chi connectivity index (χ3v) is 9.55. The lowest BCUT2D eigenvalue weighted by molar-refractivity contribution is -0.199. The molecule has 0 radical (unpaired) electrons. The highest BCUT2D eigenvalue weighted by molar-refractivity contribution is 5.72. The van der Waals surface area contributed by atoms with Crippen LogP contribution < -0.4 is 0 Å². The minimum absolute atomic E-state index is 0.000230. The summed E-state index contributed by atoms with van der Waals surface area (Å²) in [6, 6.07) is 0. The Morgan fingerprint density at radius 2 is 1.00 bits per heavy atom. The van der Waals surface area contributed by atoms with Gasteiger partial charge < -0.3 is 23.7 Å². The minimum atomic E-state index is -1.38. The standard InChI is InChI=1S/C56H70O8/c1-4-7-10-13-16-17-18-19-20-21-22-23-26-29-39-46-54(58)63-56(64-55(59)47-40-33-31-37-44-52-50(62-52)42-35-28-25-15-12-9-6-3)48-60-53(57)45-38-32-30-36-43-51-49(61-51)41-34-27-24-14-11-8-5-2/h4,8-9,11-12,14-15,24-25,49-52,56H,1,5-7,10,13,16,21-23,26-29,34-35,38-42,45-48H2,2-3H3/b11-8-,12-9-,24-14-,25-15-/t49-,50-,51-,52-,56-/m1/s1. The molecule has 2 saturated heterocycles. The molecule has 0 spiro atoms. The molecule has 64 heavy (non-hydrogen) atoms. The molecule has 8 heteroatoms. The number of ether oxygens (including phenoxy) is 5. The average molecular weight is 871 g/mol. The largest absolute Gasteiger partial charge is 0.458 e. The van der Waals surface area contributed by atoms with Crippen LogP contribution in [0.4, 0.5) is 0 Å². The third-order valence-electron chi connectivity index (χ3n) is 9.55. The Kier molecular flexibility index (Phi) is 33.2. The molecular weight excluding hydrogens is 801 g/mol. The van der Waals surface area contributed by atoms with Gasteiger partial charge in [0.15, 0.2) is 6.61 Å². The van der Waals surface area contributed by atoms with E-state index in [-0.39, 0.29) is 56.5 Å². The summed E-state index contributed by atoms with van der Waals surface area (Å²) >= 11 is 0. The summed E-state index contributed by atoms with van der Waals surface area (Å²) in [4.78, 5) is 37.9. The highest BCUT2D eigenvalue weighted by Gasteiger charge is 2.37. The van der Waals surface area contributed by atoms with E-state index in [1.807, 2.05) is 6.08 Å². The van der Waals surface area contributed by atoms with Crippen LogP contribution >= 0.6 is 0 Å². The molecule has 0 N–H and O–H groups in total. The molecule has 0 aromatic heterocycles. The highest BCUT2D eigenvalue weighted by Crippen LogP contribution is 2.27. The van der Waals surface area contributed by atoms with Gasteiger partial charge in [-0.3, -0.25) is 14.4 Å². The van der Waals surface area contributed by atoms with Gasteiger partial charge in [0.2, 0.25) is 0 Å². The van der Waals surface area contributed by atoms with Gasteiger partial charge in [0.1, 0.15) is 12.2 Å². The first-order chi connectivity index (χ1) is 31.5. The summed E-state index contributed by atoms with van der Waals surface area (Å²) in [5, 5.41) is 0. The molecule has 8 nitrogen and oxygen atoms in total. The maximum Gasteiger partial charge on any atom is 0.309 e. The van der Waals surface area contributed by atoms with Crippen molar-refractivity contribution >= 4 is 17.9 Å². The highest BCUT2D eigenvalue weighted by atomic mass is 16.7. The minimum Gasteiger partial charge on any atom is -0.458 e. The van der Waals surface area contributed by atoms with Gasteiger partial charge in [-0.2, -0.15) is 0 Å². The summed E-state index contributed by atoms with van der Waals surface area (Å²) in [6.45, 7) is 7.52. The van der Waals surface area contributed by atoms with Gasteiger partial charge in [-0.05, 0) is 119 Å². The number of unbranched alkanes of at least 4 members (excludes halogenated alkanes) is 10. The summed E-state index contributed by atoms with van der Waals surface area (Å²) < 4.78 is 27.4. The molecule has 2 heterocycles. The quantitative estimate of drug-likeness (QED) is 0.0129. The Morgan fingerprint density at radius 1 is 0.531 bits per heavy atom. The molecule has 0 bridgehead atoms. The molecule has 2 aliphatic heterocycles. The fourth-order valence-electron chi connectivity index (χ4n) is 5.85. The van der Waals surface area contributed by atoms with E-state index < -0.39 is 30.8 Å². The third kappa shape index (κ3) is 33.0. The Balaban J connectivity index is 1.73. The predicted molar refractivity (Wildman–Crippen MR) is 255 cm³/mol. The topological polar surface area (TPSA) is 104 Å². The summed E-state index contributed by atoms with van der Waals surface area (Å²) in [7, 11) is 0. The number of epoxide rings is 2. The van der Waals surface area contributed by atoms with Crippen LogP contribution in [0.25, 0.3) is 0 Å². The molecular formula is C56H70O8. The molecule has 2 rings (SSSR count). The van der Waals surface area contributed by atoms with Crippen molar-refractivity contribution in [2.75, 3.05) is 6.61 Å². The number of carbonyl (C=O) groups excluding carboxylic acids is 3. The van der Waals surface area contributed by atoms with E-state index in [2.05, 4.69) is 140 Å². The molecule has 0 aromatic carbocycles. The van der Waals surface area contributed by atoms with Crippen LogP contribution in [0.3, 0.4) is 0 Å². The van der Waals surface area contributed by atoms with Crippen molar-refractivity contribution in [3.8, 4) is 71.0 Å². The van der Waals surface area contributed by atoms with Crippen molar-refractivity contribution < 1.29 is 38.1 Å². The normalized spacial score (nSPS) is 17.2. The lowest BCUT2D eigenvalue weighted by atomic mass is 10.1. The van der Waals surface area contributed by atoms with Gasteiger partial charge in [-0.1, -0.05) is 123 Å². The summed E-state index contributed by atoms with van der Waals surface area (Å²) in [6.07, 6.45) is 35.2. The Morgan fingerprint density at radius 3 is 1.56 bits per heavy atom. The SMILES string of the molecule is C=CCCCCC#CC#CCCCCCCCC(=O)O[C@@H](COC(=O)CCC#CC#C[C@H]1O[C@@H]1CCC/C=C\C=C/CC)OC(=O)CCC#CC#C[C@H]1O[C@@H]1CCC/C=C\C=C/CC. The molecule has 0 aromatic rings. The second-order valence-corrected chi connectivity index (χ2v) is 15.2. The van der Waals surface area contributed by atoms with E-state index >= 15 is 0 Å². The van der Waals surface area contributed by atoms with Crippen LogP contribution in [0.2, 0.25) is 0 Å². The van der Waals surface area contributed by atoms with Crippen molar-refractivity contribution in [2.45, 2.75) is 192 Å². The molecule has 0 unspecified atom stereocenters. The van der Waals surface area contributed by atoms with E-state index in [1.54, 1.807) is 0 Å². The van der Waals surface area contributed by atoms with Gasteiger partial charge in [-0.15, -0.1) is 6.58 Å². The number of hydrogen-bond acceptors (Lipinski definition) is 8. The molecule has 0 aliphatic carbocycles. The maximum absolute atomic E-state index is 12.7. The fourth-order valence-corrected chi connectivity index (χ4v) is 5.85. The van der Waals surface area contributed by atoms with Gasteiger partial charge >= 0.3 is 17.9 Å². The van der Waals surface area contributed by atoms with E-state index in [9.17, 15) is 14.4 Å². The zero-order chi connectivity index (χ0) is 46.0. The first-order valence-corrected chi connectivity index (χ1v) is 23.5. The predicted octanol–water partition coefficient (Wildman–Crippen LogP) is 10.9. The van der Waals surface area contributed by atoms with Crippen LogP contribution in [0.1, 0.15) is 162 Å². The number of rotatable bonds is 31.